The van der Waals surface area contributed by atoms with Gasteiger partial charge >= 0.3 is 5.97 Å². The van der Waals surface area contributed by atoms with Gasteiger partial charge in [0.05, 0.1) is 24.9 Å². The first-order valence-corrected chi connectivity index (χ1v) is 7.69. The zero-order valence-corrected chi connectivity index (χ0v) is 14.2. The number of hydrogen-bond donors (Lipinski definition) is 0. The molecule has 1 aromatic carbocycles. The number of aromatic nitrogens is 2. The maximum atomic E-state index is 13.6. The Labute approximate surface area is 144 Å². The lowest BCUT2D eigenvalue weighted by Crippen LogP contribution is -2.04. The fourth-order valence-electron chi connectivity index (χ4n) is 2.60. The molecule has 0 N–H and O–H groups in total. The number of methoxy groups -OCH3 is 1. The number of hydrogen-bond acceptors (Lipinski definition) is 5. The molecule has 0 bridgehead atoms. The number of esters is 1. The lowest BCUT2D eigenvalue weighted by Gasteiger charge is -2.01. The summed E-state index contributed by atoms with van der Waals surface area (Å²) in [5, 5.41) is 8.46. The van der Waals surface area contributed by atoms with Crippen LogP contribution in [0.4, 0.5) is 15.9 Å². The highest BCUT2D eigenvalue weighted by Gasteiger charge is 2.16. The SMILES string of the molecule is COC(=O)Cc1nc2ccc(F)cn2c1N=Nc1cc(C)cc(C)c1. The van der Waals surface area contributed by atoms with E-state index < -0.39 is 11.8 Å². The van der Waals surface area contributed by atoms with Gasteiger partial charge in [-0.2, -0.15) is 0 Å². The lowest BCUT2D eigenvalue weighted by atomic mass is 10.1. The van der Waals surface area contributed by atoms with Crippen LogP contribution in [-0.4, -0.2) is 22.5 Å². The van der Waals surface area contributed by atoms with Gasteiger partial charge < -0.3 is 4.74 Å². The van der Waals surface area contributed by atoms with Crippen molar-refractivity contribution in [3.63, 3.8) is 0 Å². The first-order chi connectivity index (χ1) is 12.0. The van der Waals surface area contributed by atoms with Crippen molar-refractivity contribution < 1.29 is 13.9 Å². The number of fused-ring (bicyclic) bond motifs is 1. The molecule has 0 fully saturated rings. The molecule has 7 heteroatoms. The molecule has 0 aliphatic heterocycles. The second kappa shape index (κ2) is 6.80. The van der Waals surface area contributed by atoms with E-state index in [1.807, 2.05) is 32.0 Å². The molecule has 3 rings (SSSR count). The maximum absolute atomic E-state index is 13.6. The molecular formula is C18H17FN4O2. The van der Waals surface area contributed by atoms with Crippen molar-refractivity contribution in [1.29, 1.82) is 0 Å². The largest absolute Gasteiger partial charge is 0.469 e. The van der Waals surface area contributed by atoms with Crippen LogP contribution in [0.25, 0.3) is 5.65 Å². The molecule has 0 aliphatic carbocycles. The van der Waals surface area contributed by atoms with Gasteiger partial charge in [0.25, 0.3) is 0 Å². The zero-order valence-electron chi connectivity index (χ0n) is 14.2. The number of pyridine rings is 1. The molecule has 128 valence electrons. The number of azo groups is 1. The average molecular weight is 340 g/mol. The van der Waals surface area contributed by atoms with Crippen molar-refractivity contribution in [1.82, 2.24) is 9.38 Å². The van der Waals surface area contributed by atoms with Crippen molar-refractivity contribution in [2.75, 3.05) is 7.11 Å². The number of nitrogens with zero attached hydrogens (tertiary/aromatic N) is 4. The Kier molecular flexibility index (Phi) is 4.56. The molecule has 0 unspecified atom stereocenters. The van der Waals surface area contributed by atoms with Crippen LogP contribution in [0.3, 0.4) is 0 Å². The molecule has 25 heavy (non-hydrogen) atoms. The molecule has 0 radical (unpaired) electrons. The summed E-state index contributed by atoms with van der Waals surface area (Å²) in [5.74, 6) is -0.580. The number of benzene rings is 1. The van der Waals surface area contributed by atoms with E-state index in [0.717, 1.165) is 11.1 Å². The van der Waals surface area contributed by atoms with E-state index in [2.05, 4.69) is 19.9 Å². The van der Waals surface area contributed by atoms with Crippen LogP contribution >= 0.6 is 0 Å². The van der Waals surface area contributed by atoms with E-state index in [0.29, 0.717) is 22.8 Å². The Morgan fingerprint density at radius 2 is 1.92 bits per heavy atom. The van der Waals surface area contributed by atoms with Crippen molar-refractivity contribution >= 4 is 23.1 Å². The third-order valence-corrected chi connectivity index (χ3v) is 3.63. The molecule has 0 amide bonds. The van der Waals surface area contributed by atoms with E-state index in [1.165, 1.54) is 29.8 Å². The van der Waals surface area contributed by atoms with Crippen LogP contribution in [0.15, 0.2) is 46.8 Å². The summed E-state index contributed by atoms with van der Waals surface area (Å²) in [6.45, 7) is 3.94. The van der Waals surface area contributed by atoms with Crippen molar-refractivity contribution in [2.45, 2.75) is 20.3 Å². The van der Waals surface area contributed by atoms with Gasteiger partial charge in [-0.3, -0.25) is 9.20 Å². The number of rotatable bonds is 4. The Balaban J connectivity index is 2.08. The van der Waals surface area contributed by atoms with E-state index in [-0.39, 0.29) is 6.42 Å². The summed E-state index contributed by atoms with van der Waals surface area (Å²) >= 11 is 0. The average Bonchev–Trinajstić information content (AvgIpc) is 2.88. The number of imidazole rings is 1. The van der Waals surface area contributed by atoms with Gasteiger partial charge in [0, 0.05) is 6.20 Å². The van der Waals surface area contributed by atoms with Gasteiger partial charge in [0.2, 0.25) is 0 Å². The monoisotopic (exact) mass is 340 g/mol. The zero-order chi connectivity index (χ0) is 18.0. The van der Waals surface area contributed by atoms with Gasteiger partial charge in [0.1, 0.15) is 11.5 Å². The predicted octanol–water partition coefficient (Wildman–Crippen LogP) is 4.22. The predicted molar refractivity (Wildman–Crippen MR) is 91.0 cm³/mol. The Morgan fingerprint density at radius 3 is 2.60 bits per heavy atom. The first kappa shape index (κ1) is 16.8. The highest BCUT2D eigenvalue weighted by Crippen LogP contribution is 2.26. The van der Waals surface area contributed by atoms with Gasteiger partial charge in [-0.05, 0) is 49.2 Å². The van der Waals surface area contributed by atoms with Crippen LogP contribution in [-0.2, 0) is 16.0 Å². The summed E-state index contributed by atoms with van der Waals surface area (Å²) < 4.78 is 19.8. The molecule has 0 saturated heterocycles. The van der Waals surface area contributed by atoms with Crippen molar-refractivity contribution in [3.05, 3.63) is 59.2 Å². The molecule has 0 spiro atoms. The topological polar surface area (TPSA) is 68.3 Å². The van der Waals surface area contributed by atoms with Gasteiger partial charge in [-0.1, -0.05) is 6.07 Å². The standard InChI is InChI=1S/C18H17FN4O2/c1-11-6-12(2)8-14(7-11)21-22-18-15(9-17(24)25-3)20-16-5-4-13(19)10-23(16)18/h4-8,10H,9H2,1-3H3. The Morgan fingerprint density at radius 1 is 1.20 bits per heavy atom. The number of ether oxygens (including phenoxy) is 1. The molecule has 0 atom stereocenters. The van der Waals surface area contributed by atoms with Crippen LogP contribution in [0.1, 0.15) is 16.8 Å². The normalized spacial score (nSPS) is 11.4. The van der Waals surface area contributed by atoms with E-state index in [9.17, 15) is 9.18 Å². The van der Waals surface area contributed by atoms with Crippen LogP contribution < -0.4 is 0 Å². The fraction of sp³-hybridized carbons (Fsp3) is 0.222. The second-order valence-electron chi connectivity index (χ2n) is 5.76. The number of halogens is 1. The molecule has 3 aromatic rings. The summed E-state index contributed by atoms with van der Waals surface area (Å²) in [7, 11) is 1.30. The molecule has 6 nitrogen and oxygen atoms in total. The summed E-state index contributed by atoms with van der Waals surface area (Å²) in [5.41, 5.74) is 3.66. The van der Waals surface area contributed by atoms with E-state index in [4.69, 9.17) is 0 Å². The summed E-state index contributed by atoms with van der Waals surface area (Å²) in [4.78, 5) is 16.0. The van der Waals surface area contributed by atoms with Gasteiger partial charge in [0.15, 0.2) is 5.82 Å². The maximum Gasteiger partial charge on any atom is 0.311 e. The van der Waals surface area contributed by atoms with Crippen LogP contribution in [0.5, 0.6) is 0 Å². The van der Waals surface area contributed by atoms with E-state index in [1.54, 1.807) is 0 Å². The second-order valence-corrected chi connectivity index (χ2v) is 5.76. The Hall–Kier alpha value is -3.09. The molecule has 0 saturated carbocycles. The molecule has 2 aromatic heterocycles. The summed E-state index contributed by atoms with van der Waals surface area (Å²) in [6, 6.07) is 8.63. The molecule has 2 heterocycles. The Bertz CT molecular complexity index is 958. The van der Waals surface area contributed by atoms with Gasteiger partial charge in [-0.15, -0.1) is 10.2 Å². The van der Waals surface area contributed by atoms with Gasteiger partial charge in [-0.25, -0.2) is 9.37 Å². The highest BCUT2D eigenvalue weighted by atomic mass is 19.1. The minimum absolute atomic E-state index is 0.0685. The quantitative estimate of drug-likeness (QED) is 0.527. The lowest BCUT2D eigenvalue weighted by molar-refractivity contribution is -0.139. The minimum Gasteiger partial charge on any atom is -0.469 e. The van der Waals surface area contributed by atoms with Crippen LogP contribution in [0, 0.1) is 19.7 Å². The highest BCUT2D eigenvalue weighted by molar-refractivity contribution is 5.74. The first-order valence-electron chi connectivity index (χ1n) is 7.69. The number of carbonyl (C=O) groups is 1. The third-order valence-electron chi connectivity index (χ3n) is 3.63. The molecule has 0 aliphatic rings. The fourth-order valence-corrected chi connectivity index (χ4v) is 2.60. The third kappa shape index (κ3) is 3.71. The van der Waals surface area contributed by atoms with E-state index >= 15 is 0 Å². The number of aryl methyl sites for hydroxylation is 2. The molecular weight excluding hydrogens is 323 g/mol. The minimum atomic E-state index is -0.452. The van der Waals surface area contributed by atoms with Crippen LogP contribution in [0.2, 0.25) is 0 Å². The summed E-state index contributed by atoms with van der Waals surface area (Å²) in [6.07, 6.45) is 1.19. The van der Waals surface area contributed by atoms with Crippen molar-refractivity contribution in [2.24, 2.45) is 10.2 Å². The van der Waals surface area contributed by atoms with Crippen molar-refractivity contribution in [3.8, 4) is 0 Å². The smallest absolute Gasteiger partial charge is 0.311 e. The number of carbonyl (C=O) groups excluding carboxylic acids is 1.